The van der Waals surface area contributed by atoms with Crippen LogP contribution in [0.5, 0.6) is 0 Å². The Hall–Kier alpha value is -2.41. The Labute approximate surface area is 191 Å². The number of rotatable bonds is 7. The Balaban J connectivity index is 1.47. The molecule has 7 heteroatoms. The minimum atomic E-state index is -0.381. The van der Waals surface area contributed by atoms with Gasteiger partial charge in [-0.3, -0.25) is 19.8 Å². The van der Waals surface area contributed by atoms with E-state index in [9.17, 15) is 14.4 Å². The number of nitrogens with one attached hydrogen (secondary N) is 2. The zero-order valence-electron chi connectivity index (χ0n) is 19.5. The normalized spacial score (nSPS) is 21.9. The van der Waals surface area contributed by atoms with E-state index in [0.29, 0.717) is 24.6 Å². The molecule has 0 radical (unpaired) electrons. The lowest BCUT2D eigenvalue weighted by Crippen LogP contribution is -2.52. The van der Waals surface area contributed by atoms with Crippen LogP contribution in [0.3, 0.4) is 0 Å². The largest absolute Gasteiger partial charge is 0.339 e. The van der Waals surface area contributed by atoms with Gasteiger partial charge in [0.1, 0.15) is 0 Å². The summed E-state index contributed by atoms with van der Waals surface area (Å²) in [6, 6.07) is 9.37. The van der Waals surface area contributed by atoms with Crippen LogP contribution >= 0.6 is 0 Å². The molecule has 1 aromatic carbocycles. The van der Waals surface area contributed by atoms with E-state index in [4.69, 9.17) is 0 Å². The third-order valence-electron chi connectivity index (χ3n) is 6.83. The molecule has 1 aliphatic heterocycles. The molecule has 2 atom stereocenters. The third kappa shape index (κ3) is 6.79. The average Bonchev–Trinajstić information content (AvgIpc) is 2.80. The van der Waals surface area contributed by atoms with E-state index in [2.05, 4.69) is 29.4 Å². The van der Waals surface area contributed by atoms with Crippen molar-refractivity contribution in [3.05, 3.63) is 35.9 Å². The fourth-order valence-corrected chi connectivity index (χ4v) is 4.96. The predicted octanol–water partition coefficient (Wildman–Crippen LogP) is 3.41. The van der Waals surface area contributed by atoms with Gasteiger partial charge in [0.2, 0.25) is 5.91 Å². The number of piperidine rings is 1. The van der Waals surface area contributed by atoms with Crippen molar-refractivity contribution in [2.45, 2.75) is 70.9 Å². The maximum absolute atomic E-state index is 12.7. The first kappa shape index (κ1) is 24.2. The van der Waals surface area contributed by atoms with Crippen molar-refractivity contribution in [1.82, 2.24) is 20.4 Å². The predicted molar refractivity (Wildman–Crippen MR) is 125 cm³/mol. The zero-order valence-corrected chi connectivity index (χ0v) is 19.5. The van der Waals surface area contributed by atoms with Gasteiger partial charge in [-0.2, -0.15) is 0 Å². The molecule has 2 fully saturated rings. The number of benzene rings is 1. The van der Waals surface area contributed by atoms with E-state index in [-0.39, 0.29) is 36.5 Å². The summed E-state index contributed by atoms with van der Waals surface area (Å²) in [4.78, 5) is 41.7. The van der Waals surface area contributed by atoms with Crippen molar-refractivity contribution in [2.75, 3.05) is 26.2 Å². The fourth-order valence-electron chi connectivity index (χ4n) is 4.96. The Kier molecular flexibility index (Phi) is 9.09. The highest BCUT2D eigenvalue weighted by Crippen LogP contribution is 2.23. The number of urea groups is 1. The number of hydrogen-bond acceptors (Lipinski definition) is 4. The van der Waals surface area contributed by atoms with E-state index in [1.807, 2.05) is 35.2 Å². The molecule has 2 N–H and O–H groups in total. The third-order valence-corrected chi connectivity index (χ3v) is 6.83. The topological polar surface area (TPSA) is 81.8 Å². The van der Waals surface area contributed by atoms with Crippen LogP contribution in [0.1, 0.15) is 69.2 Å². The van der Waals surface area contributed by atoms with Crippen molar-refractivity contribution in [2.24, 2.45) is 5.92 Å². The van der Waals surface area contributed by atoms with Crippen LogP contribution in [0.2, 0.25) is 0 Å². The smallest absolute Gasteiger partial charge is 0.321 e. The second kappa shape index (κ2) is 12.0. The molecule has 1 aromatic rings. The number of amides is 4. The van der Waals surface area contributed by atoms with Gasteiger partial charge in [-0.05, 0) is 56.7 Å². The van der Waals surface area contributed by atoms with Gasteiger partial charge >= 0.3 is 6.03 Å². The van der Waals surface area contributed by atoms with E-state index in [1.165, 1.54) is 6.42 Å². The van der Waals surface area contributed by atoms with Gasteiger partial charge in [-0.25, -0.2) is 4.79 Å². The van der Waals surface area contributed by atoms with Gasteiger partial charge in [-0.15, -0.1) is 0 Å². The van der Waals surface area contributed by atoms with Crippen LogP contribution in [0, 0.1) is 5.92 Å². The molecule has 0 bridgehead atoms. The van der Waals surface area contributed by atoms with E-state index in [0.717, 1.165) is 45.1 Å². The van der Waals surface area contributed by atoms with Crippen LogP contribution in [-0.4, -0.2) is 65.9 Å². The highest BCUT2D eigenvalue weighted by Gasteiger charge is 2.29. The maximum atomic E-state index is 12.7. The molecular weight excluding hydrogens is 404 g/mol. The molecule has 1 saturated carbocycles. The van der Waals surface area contributed by atoms with Gasteiger partial charge in [0.15, 0.2) is 0 Å². The molecule has 4 amide bonds. The molecule has 2 unspecified atom stereocenters. The monoisotopic (exact) mass is 442 g/mol. The fraction of sp³-hybridized carbons (Fsp3) is 0.640. The van der Waals surface area contributed by atoms with Crippen molar-refractivity contribution >= 4 is 17.8 Å². The van der Waals surface area contributed by atoms with E-state index < -0.39 is 0 Å². The van der Waals surface area contributed by atoms with E-state index in [1.54, 1.807) is 0 Å². The second-order valence-electron chi connectivity index (χ2n) is 9.25. The molecule has 176 valence electrons. The lowest BCUT2D eigenvalue weighted by Gasteiger charge is -2.38. The maximum Gasteiger partial charge on any atom is 0.321 e. The second-order valence-corrected chi connectivity index (χ2v) is 9.25. The molecule has 1 aliphatic carbocycles. The minimum Gasteiger partial charge on any atom is -0.339 e. The summed E-state index contributed by atoms with van der Waals surface area (Å²) in [7, 11) is 0. The van der Waals surface area contributed by atoms with Crippen LogP contribution in [0.15, 0.2) is 30.3 Å². The number of nitrogens with zero attached hydrogens (tertiary/aromatic N) is 2. The zero-order chi connectivity index (χ0) is 22.9. The molecule has 1 heterocycles. The molecule has 7 nitrogen and oxygen atoms in total. The van der Waals surface area contributed by atoms with Gasteiger partial charge in [0.25, 0.3) is 5.91 Å². The quantitative estimate of drug-likeness (QED) is 0.678. The molecule has 3 rings (SSSR count). The van der Waals surface area contributed by atoms with Crippen LogP contribution in [-0.2, 0) is 4.79 Å². The number of likely N-dealkylation sites (tertiary alicyclic amines) is 1. The molecular formula is C25H38N4O3. The van der Waals surface area contributed by atoms with Crippen LogP contribution in [0.4, 0.5) is 4.79 Å². The summed E-state index contributed by atoms with van der Waals surface area (Å²) in [5.74, 6) is 0.254. The molecule has 2 aliphatic rings. The van der Waals surface area contributed by atoms with Gasteiger partial charge < -0.3 is 10.2 Å². The number of hydrogen-bond donors (Lipinski definition) is 2. The first-order valence-electron chi connectivity index (χ1n) is 12.2. The number of carbonyl (C=O) groups excluding carboxylic acids is 3. The SMILES string of the molecule is CCCN(CC(=O)NC(=O)NC1CCCCC1C)C1CCN(C(=O)c2ccccc2)CC1. The molecule has 1 saturated heterocycles. The summed E-state index contributed by atoms with van der Waals surface area (Å²) >= 11 is 0. The summed E-state index contributed by atoms with van der Waals surface area (Å²) in [5.41, 5.74) is 0.717. The van der Waals surface area contributed by atoms with Crippen molar-refractivity contribution in [3.63, 3.8) is 0 Å². The summed E-state index contributed by atoms with van der Waals surface area (Å²) in [6.45, 7) is 6.62. The number of imide groups is 1. The standard InChI is InChI=1S/C25H38N4O3/c1-3-15-29(18-23(30)27-25(32)26-22-12-8-7-9-19(22)2)21-13-16-28(17-14-21)24(31)20-10-5-4-6-11-20/h4-6,10-11,19,21-22H,3,7-9,12-18H2,1-2H3,(H2,26,27,30,32). The lowest BCUT2D eigenvalue weighted by atomic mass is 9.86. The van der Waals surface area contributed by atoms with Crippen molar-refractivity contribution in [3.8, 4) is 0 Å². The molecule has 0 aromatic heterocycles. The van der Waals surface area contributed by atoms with Crippen LogP contribution < -0.4 is 10.6 Å². The Bertz CT molecular complexity index is 762. The Morgan fingerprint density at radius 1 is 1.03 bits per heavy atom. The van der Waals surface area contributed by atoms with Crippen molar-refractivity contribution in [1.29, 1.82) is 0 Å². The van der Waals surface area contributed by atoms with Gasteiger partial charge in [0.05, 0.1) is 6.54 Å². The van der Waals surface area contributed by atoms with Gasteiger partial charge in [0, 0.05) is 30.7 Å². The molecule has 0 spiro atoms. The average molecular weight is 443 g/mol. The van der Waals surface area contributed by atoms with Gasteiger partial charge in [-0.1, -0.05) is 44.9 Å². The highest BCUT2D eigenvalue weighted by molar-refractivity contribution is 5.95. The highest BCUT2D eigenvalue weighted by atomic mass is 16.2. The Morgan fingerprint density at radius 2 is 1.72 bits per heavy atom. The van der Waals surface area contributed by atoms with Crippen molar-refractivity contribution < 1.29 is 14.4 Å². The lowest BCUT2D eigenvalue weighted by molar-refractivity contribution is -0.122. The van der Waals surface area contributed by atoms with E-state index >= 15 is 0 Å². The summed E-state index contributed by atoms with van der Waals surface area (Å²) < 4.78 is 0. The minimum absolute atomic E-state index is 0.0671. The Morgan fingerprint density at radius 3 is 2.38 bits per heavy atom. The van der Waals surface area contributed by atoms with Crippen LogP contribution in [0.25, 0.3) is 0 Å². The molecule has 32 heavy (non-hydrogen) atoms. The summed E-state index contributed by atoms with van der Waals surface area (Å²) in [5, 5.41) is 5.51. The first-order valence-corrected chi connectivity index (χ1v) is 12.2. The number of carbonyl (C=O) groups is 3. The summed E-state index contributed by atoms with van der Waals surface area (Å²) in [6.07, 6.45) is 7.03. The first-order chi connectivity index (χ1) is 15.5.